The van der Waals surface area contributed by atoms with Crippen LogP contribution in [0.15, 0.2) is 18.2 Å². The summed E-state index contributed by atoms with van der Waals surface area (Å²) in [5.41, 5.74) is -2.37. The lowest BCUT2D eigenvalue weighted by molar-refractivity contribution is -0.140. The van der Waals surface area contributed by atoms with Crippen molar-refractivity contribution in [3.05, 3.63) is 35.1 Å². The standard InChI is InChI=1S/C9H4F4N2O/c10-7-5(8(16)15-4-14)2-1-3-6(7)9(11,12)13/h1-3H,(H,15,16). The van der Waals surface area contributed by atoms with E-state index in [0.29, 0.717) is 6.07 Å². The highest BCUT2D eigenvalue weighted by atomic mass is 19.4. The third-order valence-electron chi connectivity index (χ3n) is 1.72. The summed E-state index contributed by atoms with van der Waals surface area (Å²) in [5.74, 6) is -2.91. The molecule has 1 rings (SSSR count). The summed E-state index contributed by atoms with van der Waals surface area (Å²) in [6.07, 6.45) is -3.68. The van der Waals surface area contributed by atoms with Crippen LogP contribution in [-0.2, 0) is 6.18 Å². The van der Waals surface area contributed by atoms with Gasteiger partial charge in [0.1, 0.15) is 5.82 Å². The van der Waals surface area contributed by atoms with Crippen LogP contribution in [-0.4, -0.2) is 5.91 Å². The molecule has 0 atom stereocenters. The molecule has 0 spiro atoms. The van der Waals surface area contributed by atoms with Gasteiger partial charge in [0.15, 0.2) is 6.19 Å². The lowest BCUT2D eigenvalue weighted by Crippen LogP contribution is -2.21. The van der Waals surface area contributed by atoms with E-state index in [1.165, 1.54) is 6.19 Å². The lowest BCUT2D eigenvalue weighted by atomic mass is 10.1. The Morgan fingerprint density at radius 2 is 2.00 bits per heavy atom. The number of alkyl halides is 3. The fourth-order valence-corrected chi connectivity index (χ4v) is 1.04. The molecular formula is C9H4F4N2O. The first-order valence-corrected chi connectivity index (χ1v) is 3.93. The second-order valence-electron chi connectivity index (χ2n) is 2.73. The average Bonchev–Trinajstić information content (AvgIpc) is 2.16. The maximum Gasteiger partial charge on any atom is 0.419 e. The average molecular weight is 232 g/mol. The molecule has 1 amide bonds. The smallest absolute Gasteiger partial charge is 0.268 e. The first kappa shape index (κ1) is 12.0. The third-order valence-corrected chi connectivity index (χ3v) is 1.72. The zero-order valence-electron chi connectivity index (χ0n) is 7.60. The number of halogens is 4. The second-order valence-corrected chi connectivity index (χ2v) is 2.73. The minimum absolute atomic E-state index is 0.512. The van der Waals surface area contributed by atoms with E-state index in [4.69, 9.17) is 5.26 Å². The molecule has 16 heavy (non-hydrogen) atoms. The first-order chi connectivity index (χ1) is 7.38. The van der Waals surface area contributed by atoms with Crippen LogP contribution in [0.4, 0.5) is 17.6 Å². The number of rotatable bonds is 1. The highest BCUT2D eigenvalue weighted by Gasteiger charge is 2.35. The molecule has 0 saturated heterocycles. The zero-order valence-corrected chi connectivity index (χ0v) is 7.60. The van der Waals surface area contributed by atoms with E-state index in [9.17, 15) is 22.4 Å². The van der Waals surface area contributed by atoms with Gasteiger partial charge in [-0.1, -0.05) is 6.07 Å². The lowest BCUT2D eigenvalue weighted by Gasteiger charge is -2.09. The summed E-state index contributed by atoms with van der Waals surface area (Å²) < 4.78 is 50.0. The van der Waals surface area contributed by atoms with Gasteiger partial charge in [-0.15, -0.1) is 0 Å². The molecule has 0 bridgehead atoms. The van der Waals surface area contributed by atoms with Crippen molar-refractivity contribution in [2.24, 2.45) is 0 Å². The Hall–Kier alpha value is -2.10. The highest BCUT2D eigenvalue weighted by molar-refractivity contribution is 5.95. The van der Waals surface area contributed by atoms with Crippen molar-refractivity contribution in [2.75, 3.05) is 0 Å². The Bertz CT molecular complexity index is 462. The molecule has 7 heteroatoms. The molecule has 0 aliphatic carbocycles. The first-order valence-electron chi connectivity index (χ1n) is 3.93. The molecule has 0 heterocycles. The summed E-state index contributed by atoms with van der Waals surface area (Å²) >= 11 is 0. The van der Waals surface area contributed by atoms with Crippen molar-refractivity contribution < 1.29 is 22.4 Å². The summed E-state index contributed by atoms with van der Waals surface area (Å²) in [6, 6.07) is 2.26. The molecule has 0 saturated carbocycles. The highest BCUT2D eigenvalue weighted by Crippen LogP contribution is 2.32. The molecule has 0 aliphatic heterocycles. The molecule has 84 valence electrons. The summed E-state index contributed by atoms with van der Waals surface area (Å²) in [7, 11) is 0. The maximum absolute atomic E-state index is 13.3. The van der Waals surface area contributed by atoms with E-state index in [1.807, 2.05) is 0 Å². The quantitative estimate of drug-likeness (QED) is 0.457. The predicted molar refractivity (Wildman–Crippen MR) is 44.5 cm³/mol. The predicted octanol–water partition coefficient (Wildman–Crippen LogP) is 2.06. The number of nitriles is 1. The minimum atomic E-state index is -4.88. The Balaban J connectivity index is 3.26. The van der Waals surface area contributed by atoms with Gasteiger partial charge in [0, 0.05) is 0 Å². The Morgan fingerprint density at radius 3 is 2.50 bits per heavy atom. The van der Waals surface area contributed by atoms with E-state index in [-0.39, 0.29) is 0 Å². The number of nitrogens with one attached hydrogen (secondary N) is 1. The van der Waals surface area contributed by atoms with Gasteiger partial charge in [-0.2, -0.15) is 18.4 Å². The van der Waals surface area contributed by atoms with Crippen molar-refractivity contribution in [3.63, 3.8) is 0 Å². The van der Waals surface area contributed by atoms with E-state index in [2.05, 4.69) is 0 Å². The second kappa shape index (κ2) is 4.18. The normalized spacial score (nSPS) is 10.7. The van der Waals surface area contributed by atoms with Gasteiger partial charge in [0.05, 0.1) is 11.1 Å². The van der Waals surface area contributed by atoms with Crippen LogP contribution in [0.3, 0.4) is 0 Å². The van der Waals surface area contributed by atoms with Crippen LogP contribution in [0.5, 0.6) is 0 Å². The van der Waals surface area contributed by atoms with E-state index in [0.717, 1.165) is 12.1 Å². The number of benzene rings is 1. The van der Waals surface area contributed by atoms with Gasteiger partial charge in [-0.25, -0.2) is 4.39 Å². The summed E-state index contributed by atoms with van der Waals surface area (Å²) in [4.78, 5) is 11.0. The molecule has 1 N–H and O–H groups in total. The number of nitrogens with zero attached hydrogens (tertiary/aromatic N) is 1. The molecule has 3 nitrogen and oxygen atoms in total. The van der Waals surface area contributed by atoms with Gasteiger partial charge in [-0.05, 0) is 12.1 Å². The molecule has 0 fully saturated rings. The molecule has 0 radical (unpaired) electrons. The third kappa shape index (κ3) is 2.28. The number of amides is 1. The molecule has 0 aliphatic rings. The van der Waals surface area contributed by atoms with Crippen LogP contribution in [0.1, 0.15) is 15.9 Å². The van der Waals surface area contributed by atoms with Crippen molar-refractivity contribution in [1.82, 2.24) is 5.32 Å². The van der Waals surface area contributed by atoms with Gasteiger partial charge in [0.25, 0.3) is 5.91 Å². The Labute approximate surface area is 87.3 Å². The van der Waals surface area contributed by atoms with Crippen LogP contribution >= 0.6 is 0 Å². The Kier molecular flexibility index (Phi) is 3.13. The fourth-order valence-electron chi connectivity index (χ4n) is 1.04. The Morgan fingerprint density at radius 1 is 1.38 bits per heavy atom. The maximum atomic E-state index is 13.3. The number of carbonyl (C=O) groups excluding carboxylic acids is 1. The SMILES string of the molecule is N#CNC(=O)c1cccc(C(F)(F)F)c1F. The number of hydrogen-bond donors (Lipinski definition) is 1. The molecule has 0 unspecified atom stereocenters. The van der Waals surface area contributed by atoms with Gasteiger partial charge in [-0.3, -0.25) is 10.1 Å². The number of carbonyl (C=O) groups is 1. The minimum Gasteiger partial charge on any atom is -0.268 e. The van der Waals surface area contributed by atoms with Crippen LogP contribution in [0, 0.1) is 17.3 Å². The van der Waals surface area contributed by atoms with Gasteiger partial charge < -0.3 is 0 Å². The zero-order chi connectivity index (χ0) is 12.3. The van der Waals surface area contributed by atoms with E-state index < -0.39 is 29.0 Å². The van der Waals surface area contributed by atoms with Crippen LogP contribution < -0.4 is 5.32 Å². The van der Waals surface area contributed by atoms with Crippen molar-refractivity contribution in [3.8, 4) is 6.19 Å². The fraction of sp³-hybridized carbons (Fsp3) is 0.111. The number of hydrogen-bond acceptors (Lipinski definition) is 2. The largest absolute Gasteiger partial charge is 0.419 e. The molecular weight excluding hydrogens is 228 g/mol. The van der Waals surface area contributed by atoms with E-state index >= 15 is 0 Å². The van der Waals surface area contributed by atoms with Crippen molar-refractivity contribution >= 4 is 5.91 Å². The van der Waals surface area contributed by atoms with Gasteiger partial charge >= 0.3 is 6.18 Å². The van der Waals surface area contributed by atoms with Crippen LogP contribution in [0.25, 0.3) is 0 Å². The van der Waals surface area contributed by atoms with Crippen LogP contribution in [0.2, 0.25) is 0 Å². The van der Waals surface area contributed by atoms with Crippen molar-refractivity contribution in [1.29, 1.82) is 5.26 Å². The van der Waals surface area contributed by atoms with Crippen molar-refractivity contribution in [2.45, 2.75) is 6.18 Å². The summed E-state index contributed by atoms with van der Waals surface area (Å²) in [6.45, 7) is 0. The monoisotopic (exact) mass is 232 g/mol. The topological polar surface area (TPSA) is 52.9 Å². The van der Waals surface area contributed by atoms with Gasteiger partial charge in [0.2, 0.25) is 0 Å². The molecule has 0 aromatic heterocycles. The summed E-state index contributed by atoms with van der Waals surface area (Å²) in [5, 5.41) is 9.63. The molecule has 1 aromatic carbocycles. The van der Waals surface area contributed by atoms with E-state index in [1.54, 1.807) is 5.32 Å². The molecule has 1 aromatic rings.